The molecule has 0 spiro atoms. The smallest absolute Gasteiger partial charge is 0.410 e. The van der Waals surface area contributed by atoms with Crippen molar-refractivity contribution in [2.24, 2.45) is 0 Å². The number of nitrogens with zero attached hydrogens (tertiary/aromatic N) is 2. The summed E-state index contributed by atoms with van der Waals surface area (Å²) in [4.78, 5) is 16.4. The number of rotatable bonds is 1. The number of anilines is 1. The highest BCUT2D eigenvalue weighted by Crippen LogP contribution is 2.29. The number of amides is 1. The molecule has 0 N–H and O–H groups in total. The van der Waals surface area contributed by atoms with Crippen molar-refractivity contribution in [2.75, 3.05) is 18.0 Å². The van der Waals surface area contributed by atoms with Gasteiger partial charge in [0.15, 0.2) is 0 Å². The summed E-state index contributed by atoms with van der Waals surface area (Å²) in [7, 11) is 0. The molecule has 0 unspecified atom stereocenters. The van der Waals surface area contributed by atoms with Crippen molar-refractivity contribution in [3.05, 3.63) is 29.3 Å². The Balaban J connectivity index is 1.70. The molecule has 2 aliphatic rings. The van der Waals surface area contributed by atoms with Gasteiger partial charge in [0.2, 0.25) is 0 Å². The van der Waals surface area contributed by atoms with Crippen LogP contribution in [-0.4, -0.2) is 29.7 Å². The topological polar surface area (TPSA) is 32.8 Å². The van der Waals surface area contributed by atoms with Gasteiger partial charge in [-0.15, -0.1) is 0 Å². The van der Waals surface area contributed by atoms with Crippen molar-refractivity contribution in [3.63, 3.8) is 0 Å². The SMILES string of the molecule is CC(C)(C)OC(=O)N1Cc2ccc(N3CCCC3)cc2C1. The lowest BCUT2D eigenvalue weighted by Crippen LogP contribution is -2.33. The summed E-state index contributed by atoms with van der Waals surface area (Å²) in [5.74, 6) is 0. The van der Waals surface area contributed by atoms with Gasteiger partial charge in [-0.1, -0.05) is 6.07 Å². The van der Waals surface area contributed by atoms with Crippen LogP contribution in [0.3, 0.4) is 0 Å². The second-order valence-corrected chi connectivity index (χ2v) is 6.98. The zero-order chi connectivity index (χ0) is 15.0. The van der Waals surface area contributed by atoms with E-state index in [9.17, 15) is 4.79 Å². The molecule has 0 aliphatic carbocycles. The van der Waals surface area contributed by atoms with Gasteiger partial charge < -0.3 is 9.64 Å². The summed E-state index contributed by atoms with van der Waals surface area (Å²) in [5, 5.41) is 0. The molecule has 0 atom stereocenters. The van der Waals surface area contributed by atoms with Crippen LogP contribution in [0.15, 0.2) is 18.2 Å². The van der Waals surface area contributed by atoms with Crippen LogP contribution in [0.1, 0.15) is 44.7 Å². The van der Waals surface area contributed by atoms with Crippen molar-refractivity contribution in [1.29, 1.82) is 0 Å². The van der Waals surface area contributed by atoms with Crippen LogP contribution in [0, 0.1) is 0 Å². The first-order valence-electron chi connectivity index (χ1n) is 7.77. The quantitative estimate of drug-likeness (QED) is 0.792. The third kappa shape index (κ3) is 3.14. The van der Waals surface area contributed by atoms with Crippen molar-refractivity contribution in [3.8, 4) is 0 Å². The van der Waals surface area contributed by atoms with E-state index >= 15 is 0 Å². The largest absolute Gasteiger partial charge is 0.444 e. The molecule has 1 aromatic carbocycles. The second kappa shape index (κ2) is 5.24. The monoisotopic (exact) mass is 288 g/mol. The molecule has 0 radical (unpaired) electrons. The third-order valence-electron chi connectivity index (χ3n) is 4.04. The summed E-state index contributed by atoms with van der Waals surface area (Å²) < 4.78 is 5.46. The molecule has 3 rings (SSSR count). The Hall–Kier alpha value is -1.71. The van der Waals surface area contributed by atoms with Gasteiger partial charge in [-0.3, -0.25) is 4.90 Å². The molecule has 114 valence electrons. The van der Waals surface area contributed by atoms with Crippen molar-refractivity contribution < 1.29 is 9.53 Å². The summed E-state index contributed by atoms with van der Waals surface area (Å²) >= 11 is 0. The van der Waals surface area contributed by atoms with Gasteiger partial charge >= 0.3 is 6.09 Å². The number of carbonyl (C=O) groups excluding carboxylic acids is 1. The molecule has 1 saturated heterocycles. The molecule has 0 bridgehead atoms. The number of fused-ring (bicyclic) bond motifs is 1. The number of hydrogen-bond acceptors (Lipinski definition) is 3. The highest BCUT2D eigenvalue weighted by Gasteiger charge is 2.28. The summed E-state index contributed by atoms with van der Waals surface area (Å²) in [6.07, 6.45) is 2.34. The van der Waals surface area contributed by atoms with E-state index in [-0.39, 0.29) is 6.09 Å². The van der Waals surface area contributed by atoms with E-state index in [1.165, 1.54) is 29.7 Å². The van der Waals surface area contributed by atoms with Gasteiger partial charge in [-0.05, 0) is 56.9 Å². The average Bonchev–Trinajstić information content (AvgIpc) is 3.05. The van der Waals surface area contributed by atoms with Crippen LogP contribution < -0.4 is 4.90 Å². The Labute approximate surface area is 126 Å². The lowest BCUT2D eigenvalue weighted by molar-refractivity contribution is 0.0242. The standard InChI is InChI=1S/C17H24N2O2/c1-17(2,3)21-16(20)19-11-13-6-7-15(10-14(13)12-19)18-8-4-5-9-18/h6-7,10H,4-5,8-9,11-12H2,1-3H3. The highest BCUT2D eigenvalue weighted by atomic mass is 16.6. The lowest BCUT2D eigenvalue weighted by atomic mass is 10.1. The lowest BCUT2D eigenvalue weighted by Gasteiger charge is -2.24. The fraction of sp³-hybridized carbons (Fsp3) is 0.588. The molecular formula is C17H24N2O2. The second-order valence-electron chi connectivity index (χ2n) is 6.98. The summed E-state index contributed by atoms with van der Waals surface area (Å²) in [6, 6.07) is 6.58. The Kier molecular flexibility index (Phi) is 3.56. The molecule has 1 fully saturated rings. The van der Waals surface area contributed by atoms with Gasteiger partial charge in [-0.2, -0.15) is 0 Å². The Bertz CT molecular complexity index is 542. The highest BCUT2D eigenvalue weighted by molar-refractivity contribution is 5.69. The van der Waals surface area contributed by atoms with Crippen LogP contribution in [0.5, 0.6) is 0 Å². The van der Waals surface area contributed by atoms with E-state index in [1.807, 2.05) is 20.8 Å². The normalized spacial score (nSPS) is 18.0. The maximum absolute atomic E-state index is 12.2. The Morgan fingerprint density at radius 2 is 1.76 bits per heavy atom. The van der Waals surface area contributed by atoms with Crippen LogP contribution in [0.2, 0.25) is 0 Å². The number of carbonyl (C=O) groups is 1. The van der Waals surface area contributed by atoms with E-state index in [4.69, 9.17) is 4.74 Å². The van der Waals surface area contributed by atoms with Crippen LogP contribution in [0.25, 0.3) is 0 Å². The van der Waals surface area contributed by atoms with Gasteiger partial charge in [0.05, 0.1) is 0 Å². The van der Waals surface area contributed by atoms with Gasteiger partial charge in [0.25, 0.3) is 0 Å². The zero-order valence-corrected chi connectivity index (χ0v) is 13.2. The van der Waals surface area contributed by atoms with Gasteiger partial charge in [-0.25, -0.2) is 4.79 Å². The number of benzene rings is 1. The predicted octanol–water partition coefficient (Wildman–Crippen LogP) is 3.54. The van der Waals surface area contributed by atoms with E-state index in [1.54, 1.807) is 4.90 Å². The predicted molar refractivity (Wildman–Crippen MR) is 83.4 cm³/mol. The molecule has 4 heteroatoms. The summed E-state index contributed by atoms with van der Waals surface area (Å²) in [6.45, 7) is 9.32. The molecule has 2 heterocycles. The van der Waals surface area contributed by atoms with Crippen LogP contribution in [-0.2, 0) is 17.8 Å². The van der Waals surface area contributed by atoms with Crippen molar-refractivity contribution >= 4 is 11.8 Å². The maximum atomic E-state index is 12.2. The molecule has 2 aliphatic heterocycles. The zero-order valence-electron chi connectivity index (χ0n) is 13.2. The van der Waals surface area contributed by atoms with Crippen molar-refractivity contribution in [2.45, 2.75) is 52.3 Å². The van der Waals surface area contributed by atoms with Crippen molar-refractivity contribution in [1.82, 2.24) is 4.90 Å². The van der Waals surface area contributed by atoms with E-state index in [0.717, 1.165) is 13.1 Å². The van der Waals surface area contributed by atoms with E-state index in [2.05, 4.69) is 23.1 Å². The Morgan fingerprint density at radius 1 is 1.10 bits per heavy atom. The molecule has 1 aromatic rings. The fourth-order valence-corrected chi connectivity index (χ4v) is 3.01. The number of ether oxygens (including phenoxy) is 1. The average molecular weight is 288 g/mol. The minimum Gasteiger partial charge on any atom is -0.444 e. The minimum absolute atomic E-state index is 0.221. The van der Waals surface area contributed by atoms with Crippen LogP contribution in [0.4, 0.5) is 10.5 Å². The minimum atomic E-state index is -0.438. The third-order valence-corrected chi connectivity index (χ3v) is 4.04. The maximum Gasteiger partial charge on any atom is 0.410 e. The fourth-order valence-electron chi connectivity index (χ4n) is 3.01. The first-order valence-corrected chi connectivity index (χ1v) is 7.77. The van der Waals surface area contributed by atoms with Gasteiger partial charge in [0.1, 0.15) is 5.60 Å². The summed E-state index contributed by atoms with van der Waals surface area (Å²) in [5.41, 5.74) is 3.35. The van der Waals surface area contributed by atoms with Crippen LogP contribution >= 0.6 is 0 Å². The molecular weight excluding hydrogens is 264 g/mol. The molecule has 21 heavy (non-hydrogen) atoms. The molecule has 0 saturated carbocycles. The first-order chi connectivity index (χ1) is 9.92. The first kappa shape index (κ1) is 14.2. The van der Waals surface area contributed by atoms with Gasteiger partial charge in [0, 0.05) is 31.9 Å². The molecule has 0 aromatic heterocycles. The van der Waals surface area contributed by atoms with E-state index in [0.29, 0.717) is 13.1 Å². The van der Waals surface area contributed by atoms with E-state index < -0.39 is 5.60 Å². The Morgan fingerprint density at radius 3 is 2.43 bits per heavy atom. The number of hydrogen-bond donors (Lipinski definition) is 0. The molecule has 4 nitrogen and oxygen atoms in total. The molecule has 1 amide bonds.